The molecule has 2 rings (SSSR count). The zero-order chi connectivity index (χ0) is 14.0. The van der Waals surface area contributed by atoms with Crippen molar-refractivity contribution >= 4 is 5.91 Å². The number of hydrogen-bond donors (Lipinski definition) is 2. The van der Waals surface area contributed by atoms with E-state index in [9.17, 15) is 4.79 Å². The summed E-state index contributed by atoms with van der Waals surface area (Å²) in [5, 5.41) is 3.30. The summed E-state index contributed by atoms with van der Waals surface area (Å²) in [4.78, 5) is 12.4. The van der Waals surface area contributed by atoms with E-state index in [1.54, 1.807) is 0 Å². The van der Waals surface area contributed by atoms with Gasteiger partial charge in [0.25, 0.3) is 0 Å². The van der Waals surface area contributed by atoms with Crippen LogP contribution >= 0.6 is 0 Å². The molecule has 3 N–H and O–H groups in total. The molecule has 2 saturated carbocycles. The fourth-order valence-electron chi connectivity index (χ4n) is 3.80. The van der Waals surface area contributed by atoms with Gasteiger partial charge in [0.1, 0.15) is 0 Å². The lowest BCUT2D eigenvalue weighted by atomic mass is 9.74. The quantitative estimate of drug-likeness (QED) is 0.807. The van der Waals surface area contributed by atoms with E-state index in [4.69, 9.17) is 5.73 Å². The highest BCUT2D eigenvalue weighted by atomic mass is 16.1. The van der Waals surface area contributed by atoms with Gasteiger partial charge in [-0.1, -0.05) is 27.2 Å². The average Bonchev–Trinajstić information content (AvgIpc) is 2.31. The summed E-state index contributed by atoms with van der Waals surface area (Å²) in [6.45, 7) is 6.80. The van der Waals surface area contributed by atoms with Gasteiger partial charge in [0.05, 0.1) is 0 Å². The van der Waals surface area contributed by atoms with Crippen LogP contribution in [-0.4, -0.2) is 18.0 Å². The molecule has 110 valence electrons. The standard InChI is InChI=1S/C16H30N2O/c1-11-9-12(6-7-14(11)17)15(19)18-13-5-4-8-16(2,3)10-13/h11-14H,4-10,17H2,1-3H3,(H,18,19). The molecule has 0 saturated heterocycles. The highest BCUT2D eigenvalue weighted by molar-refractivity contribution is 5.79. The Morgan fingerprint density at radius 2 is 2.00 bits per heavy atom. The summed E-state index contributed by atoms with van der Waals surface area (Å²) in [7, 11) is 0. The fourth-order valence-corrected chi connectivity index (χ4v) is 3.80. The molecule has 0 radical (unpaired) electrons. The number of nitrogens with one attached hydrogen (secondary N) is 1. The van der Waals surface area contributed by atoms with Crippen molar-refractivity contribution in [2.75, 3.05) is 0 Å². The van der Waals surface area contributed by atoms with Crippen molar-refractivity contribution in [3.05, 3.63) is 0 Å². The number of amides is 1. The molecule has 0 aromatic carbocycles. The van der Waals surface area contributed by atoms with E-state index in [1.807, 2.05) is 0 Å². The van der Waals surface area contributed by atoms with Crippen LogP contribution in [0.5, 0.6) is 0 Å². The van der Waals surface area contributed by atoms with Crippen molar-refractivity contribution in [1.29, 1.82) is 0 Å². The van der Waals surface area contributed by atoms with Crippen LogP contribution in [0, 0.1) is 17.3 Å². The van der Waals surface area contributed by atoms with E-state index >= 15 is 0 Å². The van der Waals surface area contributed by atoms with E-state index in [-0.39, 0.29) is 17.9 Å². The first-order valence-electron chi connectivity index (χ1n) is 7.93. The predicted octanol–water partition coefficient (Wildman–Crippen LogP) is 2.83. The Hall–Kier alpha value is -0.570. The molecule has 19 heavy (non-hydrogen) atoms. The Morgan fingerprint density at radius 1 is 1.26 bits per heavy atom. The summed E-state index contributed by atoms with van der Waals surface area (Å²) >= 11 is 0. The van der Waals surface area contributed by atoms with Crippen LogP contribution in [0.4, 0.5) is 0 Å². The minimum absolute atomic E-state index is 0.194. The number of carbonyl (C=O) groups is 1. The molecule has 3 heteroatoms. The highest BCUT2D eigenvalue weighted by Crippen LogP contribution is 2.35. The van der Waals surface area contributed by atoms with Gasteiger partial charge in [-0.05, 0) is 49.9 Å². The second-order valence-electron chi connectivity index (χ2n) is 7.62. The summed E-state index contributed by atoms with van der Waals surface area (Å²) in [5.74, 6) is 0.952. The lowest BCUT2D eigenvalue weighted by Crippen LogP contribution is -2.46. The third kappa shape index (κ3) is 3.95. The summed E-state index contributed by atoms with van der Waals surface area (Å²) in [6, 6.07) is 0.680. The normalized spacial score (nSPS) is 38.7. The third-order valence-corrected chi connectivity index (χ3v) is 5.16. The maximum Gasteiger partial charge on any atom is 0.223 e. The minimum atomic E-state index is 0.194. The van der Waals surface area contributed by atoms with Crippen molar-refractivity contribution in [3.63, 3.8) is 0 Å². The van der Waals surface area contributed by atoms with Crippen LogP contribution in [0.25, 0.3) is 0 Å². The lowest BCUT2D eigenvalue weighted by molar-refractivity contribution is -0.127. The maximum atomic E-state index is 12.4. The molecule has 0 spiro atoms. The molecule has 2 aliphatic rings. The second kappa shape index (κ2) is 5.82. The van der Waals surface area contributed by atoms with Gasteiger partial charge in [0.2, 0.25) is 5.91 Å². The molecule has 4 atom stereocenters. The maximum absolute atomic E-state index is 12.4. The van der Waals surface area contributed by atoms with Crippen LogP contribution in [0.1, 0.15) is 65.7 Å². The van der Waals surface area contributed by atoms with E-state index in [1.165, 1.54) is 12.8 Å². The van der Waals surface area contributed by atoms with Crippen LogP contribution in [-0.2, 0) is 4.79 Å². The van der Waals surface area contributed by atoms with Crippen LogP contribution in [0.15, 0.2) is 0 Å². The van der Waals surface area contributed by atoms with E-state index in [2.05, 4.69) is 26.1 Å². The topological polar surface area (TPSA) is 55.1 Å². The van der Waals surface area contributed by atoms with Crippen molar-refractivity contribution in [3.8, 4) is 0 Å². The van der Waals surface area contributed by atoms with Crippen molar-refractivity contribution < 1.29 is 4.79 Å². The Balaban J connectivity index is 1.84. The van der Waals surface area contributed by atoms with Crippen LogP contribution in [0.2, 0.25) is 0 Å². The first kappa shape index (κ1) is 14.8. The van der Waals surface area contributed by atoms with Crippen LogP contribution < -0.4 is 11.1 Å². The number of hydrogen-bond acceptors (Lipinski definition) is 2. The fraction of sp³-hybridized carbons (Fsp3) is 0.938. The van der Waals surface area contributed by atoms with Gasteiger partial charge in [-0.25, -0.2) is 0 Å². The minimum Gasteiger partial charge on any atom is -0.353 e. The Kier molecular flexibility index (Phi) is 4.54. The molecule has 0 aromatic heterocycles. The van der Waals surface area contributed by atoms with Gasteiger partial charge in [-0.3, -0.25) is 4.79 Å². The third-order valence-electron chi connectivity index (χ3n) is 5.16. The zero-order valence-corrected chi connectivity index (χ0v) is 12.7. The van der Waals surface area contributed by atoms with Crippen molar-refractivity contribution in [2.45, 2.75) is 77.8 Å². The predicted molar refractivity (Wildman–Crippen MR) is 78.7 cm³/mol. The Labute approximate surface area is 117 Å². The van der Waals surface area contributed by atoms with Gasteiger partial charge < -0.3 is 11.1 Å². The molecule has 2 fully saturated rings. The molecule has 3 nitrogen and oxygen atoms in total. The smallest absolute Gasteiger partial charge is 0.223 e. The van der Waals surface area contributed by atoms with Crippen LogP contribution in [0.3, 0.4) is 0 Å². The van der Waals surface area contributed by atoms with E-state index in [0.29, 0.717) is 17.4 Å². The van der Waals surface area contributed by atoms with Gasteiger partial charge in [-0.2, -0.15) is 0 Å². The molecule has 0 aromatic rings. The lowest BCUT2D eigenvalue weighted by Gasteiger charge is -2.37. The number of rotatable bonds is 2. The first-order chi connectivity index (χ1) is 8.87. The highest BCUT2D eigenvalue weighted by Gasteiger charge is 2.33. The van der Waals surface area contributed by atoms with Gasteiger partial charge in [0, 0.05) is 18.0 Å². The van der Waals surface area contributed by atoms with Crippen molar-refractivity contribution in [1.82, 2.24) is 5.32 Å². The van der Waals surface area contributed by atoms with Gasteiger partial charge in [-0.15, -0.1) is 0 Å². The molecule has 0 bridgehead atoms. The van der Waals surface area contributed by atoms with Gasteiger partial charge in [0.15, 0.2) is 0 Å². The Bertz CT molecular complexity index is 327. The molecule has 0 aliphatic heterocycles. The Morgan fingerprint density at radius 3 is 2.63 bits per heavy atom. The monoisotopic (exact) mass is 266 g/mol. The SMILES string of the molecule is CC1CC(C(=O)NC2CCCC(C)(C)C2)CCC1N. The largest absolute Gasteiger partial charge is 0.353 e. The summed E-state index contributed by atoms with van der Waals surface area (Å²) < 4.78 is 0. The zero-order valence-electron chi connectivity index (χ0n) is 12.7. The molecule has 2 aliphatic carbocycles. The van der Waals surface area contributed by atoms with E-state index in [0.717, 1.165) is 32.1 Å². The van der Waals surface area contributed by atoms with E-state index < -0.39 is 0 Å². The summed E-state index contributed by atoms with van der Waals surface area (Å²) in [5.41, 5.74) is 6.42. The molecule has 4 unspecified atom stereocenters. The van der Waals surface area contributed by atoms with Crippen molar-refractivity contribution in [2.24, 2.45) is 23.0 Å². The first-order valence-corrected chi connectivity index (χ1v) is 7.93. The molecular weight excluding hydrogens is 236 g/mol. The second-order valence-corrected chi connectivity index (χ2v) is 7.62. The molecule has 1 amide bonds. The summed E-state index contributed by atoms with van der Waals surface area (Å²) in [6.07, 6.45) is 7.72. The molecule has 0 heterocycles. The van der Waals surface area contributed by atoms with Gasteiger partial charge >= 0.3 is 0 Å². The molecular formula is C16H30N2O. The number of carbonyl (C=O) groups excluding carboxylic acids is 1. The number of nitrogens with two attached hydrogens (primary N) is 1. The average molecular weight is 266 g/mol.